The Morgan fingerprint density at radius 3 is 2.79 bits per heavy atom. The van der Waals surface area contributed by atoms with Gasteiger partial charge >= 0.3 is 0 Å². The monoisotopic (exact) mass is 548 g/mol. The molecule has 1 saturated heterocycles. The van der Waals surface area contributed by atoms with E-state index in [1.54, 1.807) is 47.0 Å². The Hall–Kier alpha value is -3.91. The van der Waals surface area contributed by atoms with E-state index in [1.807, 2.05) is 25.3 Å². The second kappa shape index (κ2) is 10.3. The standard InChI is InChI=1S/C26H28N8O4S/c1-18-20-16-28-22(21-17-29-33-8-3-6-27-26(21)33)15-23(20)34(31-18)24-14-19(4-5-25(24)37-2)39(35,36)30-7-9-32-10-12-38-13-11-32/h3-6,8,14-17,30H,7,9-13H2,1-2H3. The van der Waals surface area contributed by atoms with Crippen LogP contribution in [0.4, 0.5) is 0 Å². The number of rotatable bonds is 8. The number of fused-ring (bicyclic) bond motifs is 2. The predicted molar refractivity (Wildman–Crippen MR) is 145 cm³/mol. The highest BCUT2D eigenvalue weighted by Gasteiger charge is 2.21. The van der Waals surface area contributed by atoms with Crippen LogP contribution in [0.15, 0.2) is 60.0 Å². The summed E-state index contributed by atoms with van der Waals surface area (Å²) in [5, 5.41) is 9.93. The lowest BCUT2D eigenvalue weighted by Crippen LogP contribution is -2.41. The van der Waals surface area contributed by atoms with Gasteiger partial charge in [-0.05, 0) is 37.3 Å². The molecule has 13 heteroatoms. The van der Waals surface area contributed by atoms with Crippen molar-refractivity contribution in [1.82, 2.24) is 39.0 Å². The average Bonchev–Trinajstić information content (AvgIpc) is 3.54. The highest BCUT2D eigenvalue weighted by Crippen LogP contribution is 2.32. The van der Waals surface area contributed by atoms with Crippen LogP contribution in [-0.2, 0) is 14.8 Å². The molecule has 1 aliphatic rings. The van der Waals surface area contributed by atoms with Crippen LogP contribution >= 0.6 is 0 Å². The van der Waals surface area contributed by atoms with Gasteiger partial charge in [0.2, 0.25) is 10.0 Å². The molecule has 0 aliphatic carbocycles. The Morgan fingerprint density at radius 2 is 1.97 bits per heavy atom. The molecule has 5 heterocycles. The average molecular weight is 549 g/mol. The smallest absolute Gasteiger partial charge is 0.240 e. The van der Waals surface area contributed by atoms with Crippen molar-refractivity contribution in [1.29, 1.82) is 0 Å². The van der Waals surface area contributed by atoms with Gasteiger partial charge in [0.1, 0.15) is 11.4 Å². The normalized spacial score (nSPS) is 14.8. The number of pyridine rings is 1. The molecular weight excluding hydrogens is 520 g/mol. The number of sulfonamides is 1. The molecule has 1 aliphatic heterocycles. The second-order valence-electron chi connectivity index (χ2n) is 9.22. The Bertz CT molecular complexity index is 1760. The fourth-order valence-corrected chi connectivity index (χ4v) is 5.78. The molecule has 1 N–H and O–H groups in total. The topological polar surface area (TPSA) is 129 Å². The molecule has 202 valence electrons. The second-order valence-corrected chi connectivity index (χ2v) is 11.0. The van der Waals surface area contributed by atoms with Crippen LogP contribution in [0.1, 0.15) is 5.69 Å². The van der Waals surface area contributed by atoms with Crippen LogP contribution in [0.2, 0.25) is 0 Å². The summed E-state index contributed by atoms with van der Waals surface area (Å²) < 4.78 is 43.5. The summed E-state index contributed by atoms with van der Waals surface area (Å²) >= 11 is 0. The van der Waals surface area contributed by atoms with Gasteiger partial charge in [0.05, 0.1) is 53.9 Å². The zero-order valence-corrected chi connectivity index (χ0v) is 22.4. The molecule has 0 unspecified atom stereocenters. The maximum atomic E-state index is 13.2. The maximum Gasteiger partial charge on any atom is 0.240 e. The number of nitrogens with zero attached hydrogens (tertiary/aromatic N) is 7. The summed E-state index contributed by atoms with van der Waals surface area (Å²) in [5.41, 5.74) is 4.13. The van der Waals surface area contributed by atoms with Gasteiger partial charge in [-0.1, -0.05) is 0 Å². The number of aryl methyl sites for hydroxylation is 1. The minimum atomic E-state index is -3.77. The Kier molecular flexibility index (Phi) is 6.73. The van der Waals surface area contributed by atoms with Gasteiger partial charge in [-0.15, -0.1) is 0 Å². The van der Waals surface area contributed by atoms with Crippen molar-refractivity contribution < 1.29 is 17.9 Å². The van der Waals surface area contributed by atoms with Gasteiger partial charge < -0.3 is 9.47 Å². The van der Waals surface area contributed by atoms with Crippen molar-refractivity contribution in [3.05, 3.63) is 60.8 Å². The minimum absolute atomic E-state index is 0.127. The predicted octanol–water partition coefficient (Wildman–Crippen LogP) is 2.06. The van der Waals surface area contributed by atoms with Gasteiger partial charge in [-0.2, -0.15) is 10.2 Å². The highest BCUT2D eigenvalue weighted by molar-refractivity contribution is 7.89. The van der Waals surface area contributed by atoms with E-state index >= 15 is 0 Å². The number of nitrogens with one attached hydrogen (secondary N) is 1. The summed E-state index contributed by atoms with van der Waals surface area (Å²) in [6, 6.07) is 8.48. The molecule has 39 heavy (non-hydrogen) atoms. The van der Waals surface area contributed by atoms with E-state index in [2.05, 4.69) is 24.7 Å². The third-order valence-electron chi connectivity index (χ3n) is 6.82. The molecule has 4 aromatic heterocycles. The molecule has 0 atom stereocenters. The van der Waals surface area contributed by atoms with Crippen LogP contribution < -0.4 is 9.46 Å². The first kappa shape index (κ1) is 25.4. The van der Waals surface area contributed by atoms with Crippen LogP contribution in [0.25, 0.3) is 33.5 Å². The molecule has 1 aromatic carbocycles. The third kappa shape index (κ3) is 4.85. The van der Waals surface area contributed by atoms with E-state index in [-0.39, 0.29) is 4.90 Å². The first-order valence-electron chi connectivity index (χ1n) is 12.6. The van der Waals surface area contributed by atoms with Crippen molar-refractivity contribution in [2.75, 3.05) is 46.5 Å². The fraction of sp³-hybridized carbons (Fsp3) is 0.308. The summed E-state index contributed by atoms with van der Waals surface area (Å²) in [6.45, 7) is 5.72. The lowest BCUT2D eigenvalue weighted by atomic mass is 10.1. The highest BCUT2D eigenvalue weighted by atomic mass is 32.2. The molecular formula is C26H28N8O4S. The molecule has 0 spiro atoms. The van der Waals surface area contributed by atoms with Crippen molar-refractivity contribution in [2.24, 2.45) is 0 Å². The minimum Gasteiger partial charge on any atom is -0.494 e. The Balaban J connectivity index is 1.37. The largest absolute Gasteiger partial charge is 0.494 e. The van der Waals surface area contributed by atoms with E-state index < -0.39 is 10.0 Å². The van der Waals surface area contributed by atoms with Crippen LogP contribution in [-0.4, -0.2) is 89.2 Å². The third-order valence-corrected chi connectivity index (χ3v) is 8.28. The maximum absolute atomic E-state index is 13.2. The molecule has 0 bridgehead atoms. The quantitative estimate of drug-likeness (QED) is 0.310. The summed E-state index contributed by atoms with van der Waals surface area (Å²) in [6.07, 6.45) is 7.01. The van der Waals surface area contributed by atoms with Crippen molar-refractivity contribution in [3.63, 3.8) is 0 Å². The lowest BCUT2D eigenvalue weighted by molar-refractivity contribution is 0.0390. The van der Waals surface area contributed by atoms with E-state index in [4.69, 9.17) is 14.6 Å². The van der Waals surface area contributed by atoms with Crippen LogP contribution in [0.5, 0.6) is 5.75 Å². The van der Waals surface area contributed by atoms with Crippen molar-refractivity contribution in [2.45, 2.75) is 11.8 Å². The molecule has 0 saturated carbocycles. The lowest BCUT2D eigenvalue weighted by Gasteiger charge is -2.26. The van der Waals surface area contributed by atoms with Crippen LogP contribution in [0, 0.1) is 6.92 Å². The molecule has 12 nitrogen and oxygen atoms in total. The van der Waals surface area contributed by atoms with Crippen LogP contribution in [0.3, 0.4) is 0 Å². The summed E-state index contributed by atoms with van der Waals surface area (Å²) in [4.78, 5) is 11.4. The van der Waals surface area contributed by atoms with E-state index in [1.165, 1.54) is 6.07 Å². The number of hydrogen-bond acceptors (Lipinski definition) is 9. The first-order chi connectivity index (χ1) is 18.9. The summed E-state index contributed by atoms with van der Waals surface area (Å²) in [7, 11) is -2.22. The van der Waals surface area contributed by atoms with E-state index in [0.29, 0.717) is 49.1 Å². The zero-order chi connectivity index (χ0) is 27.0. The molecule has 6 rings (SSSR count). The number of hydrogen-bond donors (Lipinski definition) is 1. The Labute approximate surface area is 225 Å². The van der Waals surface area contributed by atoms with Gasteiger partial charge in [-0.25, -0.2) is 27.3 Å². The molecule has 0 radical (unpaired) electrons. The van der Waals surface area contributed by atoms with E-state index in [9.17, 15) is 8.42 Å². The Morgan fingerprint density at radius 1 is 1.13 bits per heavy atom. The molecule has 0 amide bonds. The number of morpholine rings is 1. The van der Waals surface area contributed by atoms with Gasteiger partial charge in [0, 0.05) is 50.2 Å². The van der Waals surface area contributed by atoms with Gasteiger partial charge in [-0.3, -0.25) is 9.88 Å². The van der Waals surface area contributed by atoms with Gasteiger partial charge in [0.25, 0.3) is 0 Å². The number of benzene rings is 1. The molecule has 5 aromatic rings. The van der Waals surface area contributed by atoms with Crippen molar-refractivity contribution in [3.8, 4) is 22.7 Å². The summed E-state index contributed by atoms with van der Waals surface area (Å²) in [5.74, 6) is 0.489. The number of methoxy groups -OCH3 is 1. The SMILES string of the molecule is COc1ccc(S(=O)(=O)NCCN2CCOCC2)cc1-n1nc(C)c2cnc(-c3cnn4cccnc34)cc21. The number of aromatic nitrogens is 6. The van der Waals surface area contributed by atoms with Crippen molar-refractivity contribution >= 4 is 26.6 Å². The zero-order valence-electron chi connectivity index (χ0n) is 21.6. The molecule has 1 fully saturated rings. The van der Waals surface area contributed by atoms with E-state index in [0.717, 1.165) is 35.2 Å². The van der Waals surface area contributed by atoms with Gasteiger partial charge in [0.15, 0.2) is 5.65 Å². The first-order valence-corrected chi connectivity index (χ1v) is 14.1. The number of ether oxygens (including phenoxy) is 2. The fourth-order valence-electron chi connectivity index (χ4n) is 4.74.